The Balaban J connectivity index is 1.49. The summed E-state index contributed by atoms with van der Waals surface area (Å²) >= 11 is 0. The van der Waals surface area contributed by atoms with Gasteiger partial charge >= 0.3 is 0 Å². The summed E-state index contributed by atoms with van der Waals surface area (Å²) in [6, 6.07) is 4.95. The average molecular weight is 503 g/mol. The van der Waals surface area contributed by atoms with Crippen molar-refractivity contribution in [3.8, 4) is 5.75 Å². The lowest BCUT2D eigenvalue weighted by molar-refractivity contribution is -0.0215. The third kappa shape index (κ3) is 4.36. The molecule has 35 heavy (non-hydrogen) atoms. The average Bonchev–Trinajstić information content (AvgIpc) is 3.36. The van der Waals surface area contributed by atoms with E-state index in [0.29, 0.717) is 43.5 Å². The van der Waals surface area contributed by atoms with E-state index >= 15 is 0 Å². The largest absolute Gasteiger partial charge is 0.496 e. The van der Waals surface area contributed by atoms with E-state index in [1.54, 1.807) is 22.5 Å². The first kappa shape index (κ1) is 24.3. The van der Waals surface area contributed by atoms with Crippen LogP contribution in [0.4, 0.5) is 0 Å². The van der Waals surface area contributed by atoms with Crippen LogP contribution in [0.3, 0.4) is 0 Å². The number of nitrogens with zero attached hydrogens (tertiary/aromatic N) is 3. The van der Waals surface area contributed by atoms with E-state index in [0.717, 1.165) is 43.6 Å². The molecule has 0 aliphatic carbocycles. The van der Waals surface area contributed by atoms with Crippen LogP contribution in [0.25, 0.3) is 0 Å². The molecule has 0 amide bonds. The van der Waals surface area contributed by atoms with Crippen LogP contribution in [0, 0.1) is 0 Å². The molecule has 190 valence electrons. The van der Waals surface area contributed by atoms with Crippen LogP contribution in [-0.2, 0) is 20.4 Å². The zero-order chi connectivity index (χ0) is 24.6. The molecule has 2 unspecified atom stereocenters. The Bertz CT molecular complexity index is 1170. The van der Waals surface area contributed by atoms with Gasteiger partial charge < -0.3 is 25.8 Å². The fraction of sp³-hybridized carbons (Fsp3) is 0.542. The maximum absolute atomic E-state index is 13.8. The summed E-state index contributed by atoms with van der Waals surface area (Å²) in [7, 11) is -0.375. The Labute approximate surface area is 206 Å². The summed E-state index contributed by atoms with van der Waals surface area (Å²) in [6.07, 6.45) is 6.43. The van der Waals surface area contributed by atoms with Gasteiger partial charge in [0.1, 0.15) is 17.2 Å². The third-order valence-corrected chi connectivity index (χ3v) is 9.07. The number of likely N-dealkylation sites (N-methyl/N-ethyl adjacent to an activating group) is 1. The summed E-state index contributed by atoms with van der Waals surface area (Å²) in [5.74, 6) is 1.11. The lowest BCUT2D eigenvalue weighted by Gasteiger charge is -2.43. The third-order valence-electron chi connectivity index (χ3n) is 7.17. The van der Waals surface area contributed by atoms with Gasteiger partial charge in [-0.1, -0.05) is 6.08 Å². The Hall–Kier alpha value is -2.44. The van der Waals surface area contributed by atoms with Gasteiger partial charge in [-0.3, -0.25) is 9.89 Å². The first-order valence-electron chi connectivity index (χ1n) is 12.1. The van der Waals surface area contributed by atoms with Crippen molar-refractivity contribution in [1.29, 1.82) is 0 Å². The van der Waals surface area contributed by atoms with Gasteiger partial charge in [0.05, 0.1) is 37.9 Å². The SMILES string of the molecule is CNC1=CC(N)(c2ccc(S(=O)(=O)N3CCCCC3N3CCOCC3)cc2OC)NC2=NCC=C12. The van der Waals surface area contributed by atoms with Crippen LogP contribution in [0.5, 0.6) is 5.75 Å². The molecule has 5 rings (SSSR count). The highest BCUT2D eigenvalue weighted by molar-refractivity contribution is 7.89. The lowest BCUT2D eigenvalue weighted by Crippen LogP contribution is -2.56. The topological polar surface area (TPSA) is 122 Å². The summed E-state index contributed by atoms with van der Waals surface area (Å²) in [5, 5.41) is 6.49. The molecule has 1 aromatic rings. The van der Waals surface area contributed by atoms with Crippen LogP contribution in [0.1, 0.15) is 24.8 Å². The Morgan fingerprint density at radius 1 is 1.26 bits per heavy atom. The number of ether oxygens (including phenoxy) is 2. The smallest absolute Gasteiger partial charge is 0.244 e. The van der Waals surface area contributed by atoms with Gasteiger partial charge in [0.15, 0.2) is 0 Å². The van der Waals surface area contributed by atoms with Crippen LogP contribution in [0.15, 0.2) is 51.5 Å². The molecule has 2 fully saturated rings. The number of amidine groups is 1. The Morgan fingerprint density at radius 3 is 2.80 bits per heavy atom. The fourth-order valence-corrected chi connectivity index (χ4v) is 7.06. The quantitative estimate of drug-likeness (QED) is 0.519. The van der Waals surface area contributed by atoms with Crippen molar-refractivity contribution >= 4 is 15.9 Å². The Morgan fingerprint density at radius 2 is 2.06 bits per heavy atom. The second kappa shape index (κ2) is 9.55. The molecule has 4 aliphatic rings. The van der Waals surface area contributed by atoms with E-state index in [1.165, 1.54) is 7.11 Å². The fourth-order valence-electron chi connectivity index (χ4n) is 5.36. The van der Waals surface area contributed by atoms with Crippen molar-refractivity contribution in [3.63, 3.8) is 0 Å². The number of methoxy groups -OCH3 is 1. The molecule has 2 saturated heterocycles. The predicted molar refractivity (Wildman–Crippen MR) is 133 cm³/mol. The van der Waals surface area contributed by atoms with Crippen molar-refractivity contribution < 1.29 is 17.9 Å². The van der Waals surface area contributed by atoms with E-state index in [4.69, 9.17) is 15.2 Å². The Kier molecular flexibility index (Phi) is 6.62. The van der Waals surface area contributed by atoms with Gasteiger partial charge in [0.25, 0.3) is 0 Å². The molecule has 4 heterocycles. The van der Waals surface area contributed by atoms with E-state index in [2.05, 4.69) is 20.5 Å². The second-order valence-corrected chi connectivity index (χ2v) is 11.1. The van der Waals surface area contributed by atoms with Crippen LogP contribution in [-0.4, -0.2) is 83.2 Å². The molecule has 1 aromatic carbocycles. The van der Waals surface area contributed by atoms with E-state index in [-0.39, 0.29) is 11.1 Å². The maximum Gasteiger partial charge on any atom is 0.244 e. The molecule has 2 atom stereocenters. The number of morpholine rings is 1. The highest BCUT2D eigenvalue weighted by Crippen LogP contribution is 2.36. The van der Waals surface area contributed by atoms with Gasteiger partial charge in [-0.05, 0) is 37.5 Å². The second-order valence-electron chi connectivity index (χ2n) is 9.21. The molecule has 4 N–H and O–H groups in total. The molecule has 0 aromatic heterocycles. The zero-order valence-electron chi connectivity index (χ0n) is 20.3. The van der Waals surface area contributed by atoms with Crippen LogP contribution in [0.2, 0.25) is 0 Å². The van der Waals surface area contributed by atoms with E-state index in [1.807, 2.05) is 19.2 Å². The number of hydrogen-bond acceptors (Lipinski definition) is 9. The normalized spacial score (nSPS) is 27.9. The van der Waals surface area contributed by atoms with Crippen molar-refractivity contribution in [2.75, 3.05) is 53.6 Å². The van der Waals surface area contributed by atoms with Crippen molar-refractivity contribution in [3.05, 3.63) is 47.2 Å². The molecule has 0 spiro atoms. The van der Waals surface area contributed by atoms with Crippen LogP contribution < -0.4 is 21.1 Å². The minimum atomic E-state index is -3.74. The van der Waals surface area contributed by atoms with Gasteiger partial charge in [0, 0.05) is 49.6 Å². The minimum Gasteiger partial charge on any atom is -0.496 e. The number of sulfonamides is 1. The molecule has 0 radical (unpaired) electrons. The molecule has 0 bridgehead atoms. The molecule has 11 heteroatoms. The lowest BCUT2D eigenvalue weighted by atomic mass is 9.92. The number of piperidine rings is 1. The number of benzene rings is 1. The summed E-state index contributed by atoms with van der Waals surface area (Å²) in [6.45, 7) is 3.81. The number of nitrogens with two attached hydrogens (primary N) is 1. The highest BCUT2D eigenvalue weighted by Gasteiger charge is 2.40. The first-order valence-corrected chi connectivity index (χ1v) is 13.6. The molecule has 4 aliphatic heterocycles. The van der Waals surface area contributed by atoms with E-state index < -0.39 is 15.7 Å². The number of fused-ring (bicyclic) bond motifs is 1. The summed E-state index contributed by atoms with van der Waals surface area (Å²) in [4.78, 5) is 6.93. The molecular weight excluding hydrogens is 468 g/mol. The predicted octanol–water partition coefficient (Wildman–Crippen LogP) is 0.685. The van der Waals surface area contributed by atoms with Crippen molar-refractivity contribution in [1.82, 2.24) is 19.8 Å². The van der Waals surface area contributed by atoms with E-state index in [9.17, 15) is 8.42 Å². The molecule has 10 nitrogen and oxygen atoms in total. The number of nitrogens with one attached hydrogen (secondary N) is 2. The highest BCUT2D eigenvalue weighted by atomic mass is 32.2. The van der Waals surface area contributed by atoms with Crippen molar-refractivity contribution in [2.24, 2.45) is 10.7 Å². The van der Waals surface area contributed by atoms with Gasteiger partial charge in [-0.2, -0.15) is 4.31 Å². The van der Waals surface area contributed by atoms with Crippen molar-refractivity contribution in [2.45, 2.75) is 36.0 Å². The number of hydrogen-bond donors (Lipinski definition) is 3. The summed E-state index contributed by atoms with van der Waals surface area (Å²) < 4.78 is 40.5. The first-order chi connectivity index (χ1) is 16.9. The standard InChI is InChI=1S/C24H34N6O4S/c1-26-20-16-24(25,28-23-18(20)8-9-27-23)19-7-6-17(15-21(19)33-2)35(31,32)30-10-4-3-5-22(30)29-11-13-34-14-12-29/h6-8,15-16,22,26H,3-5,9-14,25H2,1-2H3,(H,27,28). The number of rotatable bonds is 6. The monoisotopic (exact) mass is 502 g/mol. The van der Waals surface area contributed by atoms with Gasteiger partial charge in [0.2, 0.25) is 10.0 Å². The number of aliphatic imine (C=N–C) groups is 1. The molecule has 0 saturated carbocycles. The van der Waals surface area contributed by atoms with Gasteiger partial charge in [-0.15, -0.1) is 0 Å². The maximum atomic E-state index is 13.8. The molecular formula is C24H34N6O4S. The zero-order valence-corrected chi connectivity index (χ0v) is 21.1. The van der Waals surface area contributed by atoms with Gasteiger partial charge in [-0.25, -0.2) is 8.42 Å². The summed E-state index contributed by atoms with van der Waals surface area (Å²) in [5.41, 5.74) is 8.16. The minimum absolute atomic E-state index is 0.157. The van der Waals surface area contributed by atoms with Crippen LogP contribution >= 0.6 is 0 Å².